The van der Waals surface area contributed by atoms with Gasteiger partial charge in [-0.2, -0.15) is 0 Å². The van der Waals surface area contributed by atoms with E-state index in [1.54, 1.807) is 0 Å². The molecule has 0 amide bonds. The lowest BCUT2D eigenvalue weighted by Gasteiger charge is -2.35. The zero-order chi connectivity index (χ0) is 16.7. The smallest absolute Gasteiger partial charge is 0.284 e. The first kappa shape index (κ1) is 19.1. The minimum Gasteiger partial charge on any atom is -0.390 e. The van der Waals surface area contributed by atoms with Crippen LogP contribution in [0.15, 0.2) is 0 Å². The van der Waals surface area contributed by atoms with Gasteiger partial charge in [0.15, 0.2) is 6.17 Å². The van der Waals surface area contributed by atoms with Gasteiger partial charge in [-0.1, -0.05) is 64.2 Å². The Balaban J connectivity index is 1.97. The average Bonchev–Trinajstić information content (AvgIpc) is 2.44. The van der Waals surface area contributed by atoms with E-state index in [1.165, 1.54) is 6.42 Å². The van der Waals surface area contributed by atoms with Crippen molar-refractivity contribution >= 4 is 0 Å². The number of rotatable bonds is 4. The molecule has 136 valence electrons. The Kier molecular flexibility index (Phi) is 7.71. The van der Waals surface area contributed by atoms with Crippen LogP contribution in [0.1, 0.15) is 89.9 Å². The van der Waals surface area contributed by atoms with Gasteiger partial charge in [-0.25, -0.2) is 13.2 Å². The van der Waals surface area contributed by atoms with E-state index < -0.39 is 24.1 Å². The van der Waals surface area contributed by atoms with Crippen LogP contribution in [0, 0.1) is 11.8 Å². The van der Waals surface area contributed by atoms with Crippen molar-refractivity contribution in [3.8, 4) is 0 Å². The van der Waals surface area contributed by atoms with Gasteiger partial charge in [-0.15, -0.1) is 0 Å². The zero-order valence-corrected chi connectivity index (χ0v) is 14.3. The number of alkyl halides is 3. The lowest BCUT2D eigenvalue weighted by Crippen LogP contribution is -2.48. The average molecular weight is 334 g/mol. The molecule has 0 radical (unpaired) electrons. The number of hydrogen-bond donors (Lipinski definition) is 1. The largest absolute Gasteiger partial charge is 0.390 e. The molecule has 2 atom stereocenters. The highest BCUT2D eigenvalue weighted by Crippen LogP contribution is 2.42. The summed E-state index contributed by atoms with van der Waals surface area (Å²) in [5.74, 6) is -4.59. The summed E-state index contributed by atoms with van der Waals surface area (Å²) in [5.41, 5.74) is 0. The number of aliphatic hydroxyl groups is 1. The summed E-state index contributed by atoms with van der Waals surface area (Å²) in [6, 6.07) is 0. The highest BCUT2D eigenvalue weighted by atomic mass is 19.3. The van der Waals surface area contributed by atoms with Crippen LogP contribution in [0.4, 0.5) is 13.2 Å². The third kappa shape index (κ3) is 5.37. The van der Waals surface area contributed by atoms with Crippen LogP contribution in [0.3, 0.4) is 0 Å². The van der Waals surface area contributed by atoms with E-state index in [2.05, 4.69) is 0 Å². The highest BCUT2D eigenvalue weighted by Gasteiger charge is 2.51. The van der Waals surface area contributed by atoms with Crippen molar-refractivity contribution in [2.24, 2.45) is 11.8 Å². The third-order valence-electron chi connectivity index (χ3n) is 5.95. The second-order valence-electron chi connectivity index (χ2n) is 7.71. The molecular weight excluding hydrogens is 301 g/mol. The zero-order valence-electron chi connectivity index (χ0n) is 14.3. The van der Waals surface area contributed by atoms with Gasteiger partial charge in [0.05, 0.1) is 6.10 Å². The molecule has 1 N–H and O–H groups in total. The van der Waals surface area contributed by atoms with Crippen LogP contribution >= 0.6 is 0 Å². The predicted molar refractivity (Wildman–Crippen MR) is 87.5 cm³/mol. The van der Waals surface area contributed by atoms with Crippen LogP contribution in [-0.4, -0.2) is 23.3 Å². The Labute approximate surface area is 139 Å². The molecule has 0 aromatic carbocycles. The molecule has 0 aromatic rings. The van der Waals surface area contributed by atoms with Crippen molar-refractivity contribution in [2.75, 3.05) is 0 Å². The number of hydrogen-bond acceptors (Lipinski definition) is 1. The Hall–Kier alpha value is -0.250. The highest BCUT2D eigenvalue weighted by molar-refractivity contribution is 4.92. The van der Waals surface area contributed by atoms with E-state index in [9.17, 15) is 18.3 Å². The first-order valence-electron chi connectivity index (χ1n) is 9.73. The fourth-order valence-electron chi connectivity index (χ4n) is 4.36. The van der Waals surface area contributed by atoms with Gasteiger partial charge in [-0.05, 0) is 31.6 Å². The summed E-state index contributed by atoms with van der Waals surface area (Å²) in [7, 11) is 0. The van der Waals surface area contributed by atoms with E-state index in [0.717, 1.165) is 57.8 Å². The van der Waals surface area contributed by atoms with Gasteiger partial charge in [0, 0.05) is 5.92 Å². The SMILES string of the molecule is O[C@H](C1CCCCCCC1)[C@H](F)C(F)(F)C1CCCCCCC1. The molecule has 0 saturated heterocycles. The van der Waals surface area contributed by atoms with Crippen molar-refractivity contribution in [1.29, 1.82) is 0 Å². The first-order chi connectivity index (χ1) is 11.0. The van der Waals surface area contributed by atoms with Gasteiger partial charge in [0.2, 0.25) is 0 Å². The Morgan fingerprint density at radius 3 is 1.57 bits per heavy atom. The summed E-state index contributed by atoms with van der Waals surface area (Å²) >= 11 is 0. The van der Waals surface area contributed by atoms with Crippen LogP contribution in [0.25, 0.3) is 0 Å². The minimum absolute atomic E-state index is 0.301. The van der Waals surface area contributed by atoms with Crippen molar-refractivity contribution in [1.82, 2.24) is 0 Å². The Bertz CT molecular complexity index is 319. The molecule has 2 saturated carbocycles. The van der Waals surface area contributed by atoms with Crippen molar-refractivity contribution < 1.29 is 18.3 Å². The molecule has 0 bridgehead atoms. The third-order valence-corrected chi connectivity index (χ3v) is 5.95. The topological polar surface area (TPSA) is 20.2 Å². The van der Waals surface area contributed by atoms with Crippen molar-refractivity contribution in [2.45, 2.75) is 108 Å². The van der Waals surface area contributed by atoms with Crippen LogP contribution < -0.4 is 0 Å². The first-order valence-corrected chi connectivity index (χ1v) is 9.73. The van der Waals surface area contributed by atoms with Crippen molar-refractivity contribution in [3.63, 3.8) is 0 Å². The van der Waals surface area contributed by atoms with E-state index in [1.807, 2.05) is 0 Å². The maximum Gasteiger partial charge on any atom is 0.284 e. The fourth-order valence-corrected chi connectivity index (χ4v) is 4.36. The standard InChI is InChI=1S/C19H33F3O/c20-18(17(23)15-11-7-3-1-4-8-12-15)19(21,22)16-13-9-5-2-6-10-14-16/h15-18,23H,1-14H2/t17-,18+/m1/s1. The maximum atomic E-state index is 14.7. The molecule has 0 aliphatic heterocycles. The summed E-state index contributed by atoms with van der Waals surface area (Å²) in [5, 5.41) is 10.3. The summed E-state index contributed by atoms with van der Waals surface area (Å²) in [6.07, 6.45) is 7.93. The summed E-state index contributed by atoms with van der Waals surface area (Å²) < 4.78 is 43.9. The lowest BCUT2D eigenvalue weighted by atomic mass is 9.79. The molecule has 0 spiro atoms. The molecule has 2 aliphatic rings. The van der Waals surface area contributed by atoms with E-state index in [0.29, 0.717) is 25.7 Å². The molecule has 0 aromatic heterocycles. The van der Waals surface area contributed by atoms with Crippen LogP contribution in [0.2, 0.25) is 0 Å². The quantitative estimate of drug-likeness (QED) is 0.664. The van der Waals surface area contributed by atoms with E-state index in [4.69, 9.17) is 0 Å². The summed E-state index contributed by atoms with van der Waals surface area (Å²) in [6.45, 7) is 0. The second-order valence-corrected chi connectivity index (χ2v) is 7.71. The Morgan fingerprint density at radius 2 is 1.09 bits per heavy atom. The van der Waals surface area contributed by atoms with E-state index >= 15 is 0 Å². The molecule has 23 heavy (non-hydrogen) atoms. The molecular formula is C19H33F3O. The predicted octanol–water partition coefficient (Wildman–Crippen LogP) is 6.04. The Morgan fingerprint density at radius 1 is 0.696 bits per heavy atom. The normalized spacial score (nSPS) is 26.6. The van der Waals surface area contributed by atoms with Gasteiger partial charge >= 0.3 is 0 Å². The maximum absolute atomic E-state index is 14.7. The molecule has 4 heteroatoms. The number of aliphatic hydroxyl groups excluding tert-OH is 1. The molecule has 1 nitrogen and oxygen atoms in total. The van der Waals surface area contributed by atoms with Gasteiger partial charge in [0.1, 0.15) is 0 Å². The van der Waals surface area contributed by atoms with Crippen LogP contribution in [-0.2, 0) is 0 Å². The molecule has 0 unspecified atom stereocenters. The van der Waals surface area contributed by atoms with Gasteiger partial charge in [0.25, 0.3) is 5.92 Å². The molecule has 2 fully saturated rings. The molecule has 2 rings (SSSR count). The van der Waals surface area contributed by atoms with Crippen LogP contribution in [0.5, 0.6) is 0 Å². The van der Waals surface area contributed by atoms with Crippen molar-refractivity contribution in [3.05, 3.63) is 0 Å². The number of halogens is 3. The van der Waals surface area contributed by atoms with E-state index in [-0.39, 0.29) is 5.92 Å². The molecule has 2 aliphatic carbocycles. The lowest BCUT2D eigenvalue weighted by molar-refractivity contribution is -0.167. The second kappa shape index (κ2) is 9.29. The summed E-state index contributed by atoms with van der Waals surface area (Å²) in [4.78, 5) is 0. The van der Waals surface area contributed by atoms with Gasteiger partial charge < -0.3 is 5.11 Å². The van der Waals surface area contributed by atoms with Gasteiger partial charge in [-0.3, -0.25) is 0 Å². The monoisotopic (exact) mass is 334 g/mol. The fraction of sp³-hybridized carbons (Fsp3) is 1.00. The molecule has 0 heterocycles. The minimum atomic E-state index is -3.39.